The maximum atomic E-state index is 13.6. The van der Waals surface area contributed by atoms with Crippen LogP contribution in [0.4, 0.5) is 5.69 Å². The first-order chi connectivity index (χ1) is 14.3. The molecule has 0 saturated carbocycles. The highest BCUT2D eigenvalue weighted by Crippen LogP contribution is 2.32. The monoisotopic (exact) mass is 394 g/mol. The Kier molecular flexibility index (Phi) is 5.13. The summed E-state index contributed by atoms with van der Waals surface area (Å²) in [6, 6.07) is 20.3. The smallest absolute Gasteiger partial charge is 0.256 e. The maximum Gasteiger partial charge on any atom is 0.256 e. The quantitative estimate of drug-likeness (QED) is 0.420. The van der Waals surface area contributed by atoms with Gasteiger partial charge in [-0.2, -0.15) is 0 Å². The number of hydrogen-bond donors (Lipinski definition) is 1. The van der Waals surface area contributed by atoms with E-state index in [0.29, 0.717) is 5.56 Å². The Bertz CT molecular complexity index is 1270. The first kappa shape index (κ1) is 19.8. The second-order valence-electron chi connectivity index (χ2n) is 8.08. The van der Waals surface area contributed by atoms with Crippen molar-refractivity contribution >= 4 is 22.5 Å². The van der Waals surface area contributed by atoms with Crippen LogP contribution in [0.5, 0.6) is 0 Å². The summed E-state index contributed by atoms with van der Waals surface area (Å²) >= 11 is 0. The van der Waals surface area contributed by atoms with Gasteiger partial charge >= 0.3 is 0 Å². The van der Waals surface area contributed by atoms with Crippen LogP contribution in [0.15, 0.2) is 60.7 Å². The standard InChI is InChI=1S/C27H26N2O/c1-16-11-12-18(3)23(15-16)28-27(30)24-20(5)26(21-9-7-6-8-10-21)29-25-19(4)13-17(2)14-22(24)25/h6-15H,1-5H3,(H,28,30). The molecule has 4 rings (SSSR count). The summed E-state index contributed by atoms with van der Waals surface area (Å²) in [5, 5.41) is 4.05. The summed E-state index contributed by atoms with van der Waals surface area (Å²) in [6.45, 7) is 10.1. The fourth-order valence-electron chi connectivity index (χ4n) is 4.04. The van der Waals surface area contributed by atoms with Crippen molar-refractivity contribution in [1.82, 2.24) is 4.98 Å². The topological polar surface area (TPSA) is 42.0 Å². The molecular formula is C27H26N2O. The molecule has 0 radical (unpaired) electrons. The van der Waals surface area contributed by atoms with Gasteiger partial charge in [0.1, 0.15) is 0 Å². The normalized spacial score (nSPS) is 11.0. The molecule has 0 bridgehead atoms. The third kappa shape index (κ3) is 3.59. The molecule has 0 spiro atoms. The van der Waals surface area contributed by atoms with Crippen molar-refractivity contribution in [3.05, 3.63) is 94.0 Å². The van der Waals surface area contributed by atoms with Gasteiger partial charge in [0.05, 0.1) is 16.8 Å². The molecule has 0 aliphatic carbocycles. The molecule has 0 unspecified atom stereocenters. The molecule has 0 atom stereocenters. The van der Waals surface area contributed by atoms with Gasteiger partial charge in [-0.15, -0.1) is 0 Å². The number of nitrogens with zero attached hydrogens (tertiary/aromatic N) is 1. The van der Waals surface area contributed by atoms with E-state index in [9.17, 15) is 4.79 Å². The lowest BCUT2D eigenvalue weighted by Gasteiger charge is -2.17. The van der Waals surface area contributed by atoms with Gasteiger partial charge in [-0.05, 0) is 69.0 Å². The van der Waals surface area contributed by atoms with Gasteiger partial charge in [-0.25, -0.2) is 4.98 Å². The number of hydrogen-bond acceptors (Lipinski definition) is 2. The van der Waals surface area contributed by atoms with Crippen LogP contribution in [0.1, 0.15) is 38.2 Å². The van der Waals surface area contributed by atoms with Crippen LogP contribution in [-0.4, -0.2) is 10.9 Å². The van der Waals surface area contributed by atoms with Crippen LogP contribution >= 0.6 is 0 Å². The SMILES string of the molecule is Cc1ccc(C)c(NC(=O)c2c(C)c(-c3ccccc3)nc3c(C)cc(C)cc23)c1. The van der Waals surface area contributed by atoms with Gasteiger partial charge in [0.2, 0.25) is 0 Å². The lowest BCUT2D eigenvalue weighted by molar-refractivity contribution is 0.102. The number of aryl methyl sites for hydroxylation is 4. The molecule has 1 heterocycles. The van der Waals surface area contributed by atoms with E-state index in [1.807, 2.05) is 63.2 Å². The average molecular weight is 395 g/mol. The van der Waals surface area contributed by atoms with Crippen LogP contribution < -0.4 is 5.32 Å². The molecule has 0 aliphatic rings. The van der Waals surface area contributed by atoms with Crippen molar-refractivity contribution in [3.63, 3.8) is 0 Å². The Morgan fingerprint density at radius 1 is 0.800 bits per heavy atom. The highest BCUT2D eigenvalue weighted by molar-refractivity contribution is 6.15. The van der Waals surface area contributed by atoms with E-state index < -0.39 is 0 Å². The van der Waals surface area contributed by atoms with Gasteiger partial charge in [-0.3, -0.25) is 4.79 Å². The molecule has 1 amide bonds. The zero-order valence-corrected chi connectivity index (χ0v) is 18.1. The van der Waals surface area contributed by atoms with Crippen molar-refractivity contribution in [2.24, 2.45) is 0 Å². The molecule has 1 aromatic heterocycles. The van der Waals surface area contributed by atoms with Crippen molar-refractivity contribution in [1.29, 1.82) is 0 Å². The summed E-state index contributed by atoms with van der Waals surface area (Å²) in [5.74, 6) is -0.101. The number of amides is 1. The van der Waals surface area contributed by atoms with Crippen LogP contribution in [-0.2, 0) is 0 Å². The zero-order valence-electron chi connectivity index (χ0n) is 18.1. The van der Waals surface area contributed by atoms with E-state index in [2.05, 4.69) is 37.4 Å². The fourth-order valence-corrected chi connectivity index (χ4v) is 4.04. The van der Waals surface area contributed by atoms with Gasteiger partial charge < -0.3 is 5.32 Å². The minimum Gasteiger partial charge on any atom is -0.322 e. The van der Waals surface area contributed by atoms with Gasteiger partial charge in [-0.1, -0.05) is 54.1 Å². The zero-order chi connectivity index (χ0) is 21.4. The molecule has 4 aromatic rings. The molecule has 3 nitrogen and oxygen atoms in total. The predicted octanol–water partition coefficient (Wildman–Crippen LogP) is 6.70. The lowest BCUT2D eigenvalue weighted by atomic mass is 9.94. The second kappa shape index (κ2) is 7.75. The molecule has 0 aliphatic heterocycles. The Labute approximate surface area is 177 Å². The lowest BCUT2D eigenvalue weighted by Crippen LogP contribution is -2.16. The van der Waals surface area contributed by atoms with Crippen molar-refractivity contribution in [2.45, 2.75) is 34.6 Å². The van der Waals surface area contributed by atoms with Crippen molar-refractivity contribution in [2.75, 3.05) is 5.32 Å². The van der Waals surface area contributed by atoms with E-state index in [1.165, 1.54) is 0 Å². The number of nitrogens with one attached hydrogen (secondary N) is 1. The highest BCUT2D eigenvalue weighted by atomic mass is 16.1. The van der Waals surface area contributed by atoms with E-state index in [1.54, 1.807) is 0 Å². The summed E-state index contributed by atoms with van der Waals surface area (Å²) < 4.78 is 0. The highest BCUT2D eigenvalue weighted by Gasteiger charge is 2.20. The molecule has 0 fully saturated rings. The second-order valence-corrected chi connectivity index (χ2v) is 8.08. The van der Waals surface area contributed by atoms with Gasteiger partial charge in [0, 0.05) is 16.6 Å². The van der Waals surface area contributed by atoms with Crippen molar-refractivity contribution < 1.29 is 4.79 Å². The number of carbonyl (C=O) groups excluding carboxylic acids is 1. The number of anilines is 1. The molecule has 150 valence electrons. The number of aromatic nitrogens is 1. The molecule has 1 N–H and O–H groups in total. The minimum absolute atomic E-state index is 0.101. The average Bonchev–Trinajstić information content (AvgIpc) is 2.71. The Morgan fingerprint density at radius 3 is 2.27 bits per heavy atom. The Morgan fingerprint density at radius 2 is 1.53 bits per heavy atom. The molecule has 0 saturated heterocycles. The molecule has 3 aromatic carbocycles. The summed E-state index contributed by atoms with van der Waals surface area (Å²) in [7, 11) is 0. The molecule has 30 heavy (non-hydrogen) atoms. The van der Waals surface area contributed by atoms with E-state index >= 15 is 0 Å². The van der Waals surface area contributed by atoms with Crippen LogP contribution in [0.25, 0.3) is 22.2 Å². The first-order valence-electron chi connectivity index (χ1n) is 10.2. The van der Waals surface area contributed by atoms with Gasteiger partial charge in [0.15, 0.2) is 0 Å². The van der Waals surface area contributed by atoms with Crippen LogP contribution in [0.2, 0.25) is 0 Å². The Hall–Kier alpha value is -3.46. The number of benzene rings is 3. The van der Waals surface area contributed by atoms with Crippen LogP contribution in [0, 0.1) is 34.6 Å². The first-order valence-corrected chi connectivity index (χ1v) is 10.2. The predicted molar refractivity (Wildman–Crippen MR) is 125 cm³/mol. The number of rotatable bonds is 3. The van der Waals surface area contributed by atoms with Crippen molar-refractivity contribution in [3.8, 4) is 11.3 Å². The van der Waals surface area contributed by atoms with E-state index in [4.69, 9.17) is 4.98 Å². The molecular weight excluding hydrogens is 368 g/mol. The summed E-state index contributed by atoms with van der Waals surface area (Å²) in [6.07, 6.45) is 0. The van der Waals surface area contributed by atoms with Crippen LogP contribution in [0.3, 0.4) is 0 Å². The number of carbonyl (C=O) groups is 1. The number of pyridine rings is 1. The Balaban J connectivity index is 1.96. The third-order valence-corrected chi connectivity index (χ3v) is 5.58. The van der Waals surface area contributed by atoms with E-state index in [-0.39, 0.29) is 5.91 Å². The fraction of sp³-hybridized carbons (Fsp3) is 0.185. The number of fused-ring (bicyclic) bond motifs is 1. The molecule has 3 heteroatoms. The largest absolute Gasteiger partial charge is 0.322 e. The van der Waals surface area contributed by atoms with E-state index in [0.717, 1.165) is 55.7 Å². The third-order valence-electron chi connectivity index (χ3n) is 5.58. The summed E-state index contributed by atoms with van der Waals surface area (Å²) in [5.41, 5.74) is 9.50. The minimum atomic E-state index is -0.101. The van der Waals surface area contributed by atoms with Gasteiger partial charge in [0.25, 0.3) is 5.91 Å². The maximum absolute atomic E-state index is 13.6. The summed E-state index contributed by atoms with van der Waals surface area (Å²) in [4.78, 5) is 18.6.